The van der Waals surface area contributed by atoms with Crippen molar-refractivity contribution in [1.29, 1.82) is 0 Å². The summed E-state index contributed by atoms with van der Waals surface area (Å²) in [5.74, 6) is -0.404. The van der Waals surface area contributed by atoms with E-state index >= 15 is 0 Å². The molecular weight excluding hydrogens is 239 g/mol. The number of hydrogen-bond acceptors (Lipinski definition) is 4. The first-order valence-electron chi connectivity index (χ1n) is 5.38. The number of benzene rings is 1. The Morgan fingerprint density at radius 3 is 2.94 bits per heavy atom. The zero-order valence-electron chi connectivity index (χ0n) is 9.64. The summed E-state index contributed by atoms with van der Waals surface area (Å²) in [6.45, 7) is 3.79. The summed E-state index contributed by atoms with van der Waals surface area (Å²) in [5.41, 5.74) is 1.92. The number of aryl methyl sites for hydroxylation is 2. The van der Waals surface area contributed by atoms with Crippen LogP contribution in [0.4, 0.5) is 4.39 Å². The van der Waals surface area contributed by atoms with Gasteiger partial charge in [0.05, 0.1) is 10.6 Å². The second-order valence-corrected chi connectivity index (χ2v) is 4.65. The maximum absolute atomic E-state index is 13.7. The van der Waals surface area contributed by atoms with E-state index in [0.717, 1.165) is 22.8 Å². The van der Waals surface area contributed by atoms with Crippen LogP contribution < -0.4 is 0 Å². The zero-order valence-corrected chi connectivity index (χ0v) is 10.5. The van der Waals surface area contributed by atoms with E-state index in [1.165, 1.54) is 6.07 Å². The standard InChI is InChI=1S/C12H13FN2OS/c1-3-10-12(17-15-14-10)11(16)8-6-7(2)4-5-9(8)13/h4-6,11,16H,3H2,1-2H3. The number of aromatic nitrogens is 2. The highest BCUT2D eigenvalue weighted by atomic mass is 32.1. The largest absolute Gasteiger partial charge is 0.383 e. The lowest BCUT2D eigenvalue weighted by molar-refractivity contribution is 0.217. The van der Waals surface area contributed by atoms with Gasteiger partial charge in [-0.05, 0) is 30.9 Å². The number of hydrogen-bond donors (Lipinski definition) is 1. The fourth-order valence-corrected chi connectivity index (χ4v) is 2.43. The smallest absolute Gasteiger partial charge is 0.129 e. The number of nitrogens with zero attached hydrogens (tertiary/aromatic N) is 2. The molecule has 0 bridgehead atoms. The molecule has 1 aromatic carbocycles. The molecule has 0 aliphatic rings. The Morgan fingerprint density at radius 1 is 1.47 bits per heavy atom. The van der Waals surface area contributed by atoms with E-state index in [9.17, 15) is 9.50 Å². The van der Waals surface area contributed by atoms with E-state index < -0.39 is 11.9 Å². The minimum Gasteiger partial charge on any atom is -0.383 e. The highest BCUT2D eigenvalue weighted by Crippen LogP contribution is 2.29. The predicted octanol–water partition coefficient (Wildman–Crippen LogP) is 2.63. The van der Waals surface area contributed by atoms with Gasteiger partial charge in [-0.25, -0.2) is 4.39 Å². The molecule has 0 aliphatic heterocycles. The molecule has 1 heterocycles. The SMILES string of the molecule is CCc1nnsc1C(O)c1cc(C)ccc1F. The number of aliphatic hydroxyl groups excluding tert-OH is 1. The lowest BCUT2D eigenvalue weighted by Gasteiger charge is -2.11. The predicted molar refractivity (Wildman–Crippen MR) is 64.5 cm³/mol. The van der Waals surface area contributed by atoms with Gasteiger partial charge in [-0.3, -0.25) is 0 Å². The van der Waals surface area contributed by atoms with Gasteiger partial charge in [-0.2, -0.15) is 0 Å². The average molecular weight is 252 g/mol. The molecule has 90 valence electrons. The molecule has 0 saturated carbocycles. The second kappa shape index (κ2) is 4.89. The highest BCUT2D eigenvalue weighted by molar-refractivity contribution is 7.05. The van der Waals surface area contributed by atoms with Crippen molar-refractivity contribution < 1.29 is 9.50 Å². The summed E-state index contributed by atoms with van der Waals surface area (Å²) in [6.07, 6.45) is -0.305. The molecule has 1 unspecified atom stereocenters. The van der Waals surface area contributed by atoms with E-state index in [-0.39, 0.29) is 5.56 Å². The van der Waals surface area contributed by atoms with Crippen LogP contribution in [0.2, 0.25) is 0 Å². The maximum atomic E-state index is 13.7. The summed E-state index contributed by atoms with van der Waals surface area (Å²) in [4.78, 5) is 0.622. The molecule has 5 heteroatoms. The highest BCUT2D eigenvalue weighted by Gasteiger charge is 2.20. The van der Waals surface area contributed by atoms with E-state index in [1.807, 2.05) is 13.8 Å². The Labute approximate surface area is 103 Å². The molecule has 2 aromatic rings. The van der Waals surface area contributed by atoms with Gasteiger partial charge >= 0.3 is 0 Å². The molecule has 0 saturated heterocycles. The molecule has 2 rings (SSSR count). The third-order valence-electron chi connectivity index (χ3n) is 2.61. The zero-order chi connectivity index (χ0) is 12.4. The van der Waals surface area contributed by atoms with Gasteiger partial charge < -0.3 is 5.11 Å². The lowest BCUT2D eigenvalue weighted by Crippen LogP contribution is -2.04. The van der Waals surface area contributed by atoms with Gasteiger partial charge in [0.25, 0.3) is 0 Å². The molecule has 1 atom stereocenters. The van der Waals surface area contributed by atoms with Gasteiger partial charge in [0.1, 0.15) is 11.9 Å². The fourth-order valence-electron chi connectivity index (χ4n) is 1.68. The van der Waals surface area contributed by atoms with Gasteiger partial charge in [-0.1, -0.05) is 29.1 Å². The summed E-state index contributed by atoms with van der Waals surface area (Å²) in [5, 5.41) is 14.1. The van der Waals surface area contributed by atoms with E-state index in [4.69, 9.17) is 0 Å². The minimum absolute atomic E-state index is 0.283. The molecule has 0 fully saturated rings. The maximum Gasteiger partial charge on any atom is 0.129 e. The Hall–Kier alpha value is -1.33. The van der Waals surface area contributed by atoms with Crippen LogP contribution in [0, 0.1) is 12.7 Å². The minimum atomic E-state index is -0.982. The Bertz CT molecular complexity index is 527. The van der Waals surface area contributed by atoms with E-state index in [0.29, 0.717) is 11.3 Å². The third kappa shape index (κ3) is 2.35. The van der Waals surface area contributed by atoms with Gasteiger partial charge in [0, 0.05) is 5.56 Å². The lowest BCUT2D eigenvalue weighted by atomic mass is 10.0. The van der Waals surface area contributed by atoms with Crippen molar-refractivity contribution >= 4 is 11.5 Å². The quantitative estimate of drug-likeness (QED) is 0.913. The summed E-state index contributed by atoms with van der Waals surface area (Å²) in [6, 6.07) is 4.70. The molecule has 0 radical (unpaired) electrons. The molecule has 3 nitrogen and oxygen atoms in total. The van der Waals surface area contributed by atoms with Crippen LogP contribution in [-0.4, -0.2) is 14.7 Å². The Morgan fingerprint density at radius 2 is 2.24 bits per heavy atom. The normalized spacial score (nSPS) is 12.7. The molecule has 1 aromatic heterocycles. The molecule has 0 aliphatic carbocycles. The number of rotatable bonds is 3. The van der Waals surface area contributed by atoms with Crippen molar-refractivity contribution in [3.8, 4) is 0 Å². The average Bonchev–Trinajstić information content (AvgIpc) is 2.79. The van der Waals surface area contributed by atoms with Crippen molar-refractivity contribution in [2.45, 2.75) is 26.4 Å². The van der Waals surface area contributed by atoms with Crippen molar-refractivity contribution in [1.82, 2.24) is 9.59 Å². The van der Waals surface area contributed by atoms with Crippen molar-refractivity contribution in [2.24, 2.45) is 0 Å². The van der Waals surface area contributed by atoms with Crippen LogP contribution in [0.1, 0.15) is 34.7 Å². The van der Waals surface area contributed by atoms with E-state index in [1.54, 1.807) is 12.1 Å². The number of aliphatic hydroxyl groups is 1. The topological polar surface area (TPSA) is 46.0 Å². The number of halogens is 1. The first-order valence-corrected chi connectivity index (χ1v) is 6.16. The van der Waals surface area contributed by atoms with Gasteiger partial charge in [-0.15, -0.1) is 5.10 Å². The van der Waals surface area contributed by atoms with Gasteiger partial charge in [0.15, 0.2) is 0 Å². The first-order chi connectivity index (χ1) is 8.13. The monoisotopic (exact) mass is 252 g/mol. The van der Waals surface area contributed by atoms with Crippen LogP contribution in [0.15, 0.2) is 18.2 Å². The summed E-state index contributed by atoms with van der Waals surface area (Å²) < 4.78 is 17.5. The van der Waals surface area contributed by atoms with E-state index in [2.05, 4.69) is 9.59 Å². The van der Waals surface area contributed by atoms with Gasteiger partial charge in [0.2, 0.25) is 0 Å². The van der Waals surface area contributed by atoms with Crippen LogP contribution in [0.25, 0.3) is 0 Å². The van der Waals surface area contributed by atoms with Crippen LogP contribution in [-0.2, 0) is 6.42 Å². The second-order valence-electron chi connectivity index (χ2n) is 3.86. The fraction of sp³-hybridized carbons (Fsp3) is 0.333. The van der Waals surface area contributed by atoms with Crippen molar-refractivity contribution in [3.05, 3.63) is 45.7 Å². The molecule has 1 N–H and O–H groups in total. The Balaban J connectivity index is 2.43. The molecule has 17 heavy (non-hydrogen) atoms. The Kier molecular flexibility index (Phi) is 3.49. The summed E-state index contributed by atoms with van der Waals surface area (Å²) >= 11 is 1.11. The third-order valence-corrected chi connectivity index (χ3v) is 3.43. The molecular formula is C12H13FN2OS. The molecule has 0 spiro atoms. The first kappa shape index (κ1) is 12.1. The van der Waals surface area contributed by atoms with Crippen molar-refractivity contribution in [3.63, 3.8) is 0 Å². The molecule has 0 amide bonds. The van der Waals surface area contributed by atoms with Crippen LogP contribution >= 0.6 is 11.5 Å². The van der Waals surface area contributed by atoms with Crippen LogP contribution in [0.3, 0.4) is 0 Å². The van der Waals surface area contributed by atoms with Crippen LogP contribution in [0.5, 0.6) is 0 Å². The summed E-state index contributed by atoms with van der Waals surface area (Å²) in [7, 11) is 0. The van der Waals surface area contributed by atoms with Crippen molar-refractivity contribution in [2.75, 3.05) is 0 Å².